The second-order valence-electron chi connectivity index (χ2n) is 5.15. The first-order valence-corrected chi connectivity index (χ1v) is 7.44. The minimum Gasteiger partial charge on any atom is -0.305 e. The number of nitrogens with zero attached hydrogens (tertiary/aromatic N) is 1. The van der Waals surface area contributed by atoms with Crippen LogP contribution in [0.1, 0.15) is 24.2 Å². The molecule has 0 radical (unpaired) electrons. The maximum atomic E-state index is 6.03. The van der Waals surface area contributed by atoms with Gasteiger partial charge in [0.2, 0.25) is 0 Å². The highest BCUT2D eigenvalue weighted by Gasteiger charge is 2.06. The molecule has 106 valence electrons. The molecule has 0 saturated carbocycles. The first-order valence-electron chi connectivity index (χ1n) is 7.06. The smallest absolute Gasteiger partial charge is 0.0705 e. The topological polar surface area (TPSA) is 24.9 Å². The van der Waals surface area contributed by atoms with Crippen LogP contribution in [0, 0.1) is 0 Å². The summed E-state index contributed by atoms with van der Waals surface area (Å²) in [5.74, 6) is 0. The maximum Gasteiger partial charge on any atom is 0.0705 e. The summed E-state index contributed by atoms with van der Waals surface area (Å²) in [4.78, 5) is 4.67. The first kappa shape index (κ1) is 14.1. The molecular formula is C18H17ClN2. The summed E-state index contributed by atoms with van der Waals surface area (Å²) in [5, 5.41) is 5.42. The Morgan fingerprint density at radius 2 is 1.90 bits per heavy atom. The number of halogens is 1. The van der Waals surface area contributed by atoms with Gasteiger partial charge in [-0.05, 0) is 36.8 Å². The minimum atomic E-state index is 0.233. The predicted molar refractivity (Wildman–Crippen MR) is 88.4 cm³/mol. The Labute approximate surface area is 129 Å². The lowest BCUT2D eigenvalue weighted by Gasteiger charge is -2.14. The van der Waals surface area contributed by atoms with E-state index in [0.29, 0.717) is 0 Å². The molecule has 3 heteroatoms. The van der Waals surface area contributed by atoms with Gasteiger partial charge in [-0.25, -0.2) is 0 Å². The second-order valence-corrected chi connectivity index (χ2v) is 5.59. The third kappa shape index (κ3) is 3.41. The average molecular weight is 297 g/mol. The van der Waals surface area contributed by atoms with Crippen molar-refractivity contribution in [2.75, 3.05) is 0 Å². The van der Waals surface area contributed by atoms with Crippen LogP contribution in [0.15, 0.2) is 60.7 Å². The standard InChI is InChI=1S/C18H17ClN2/c1-13(15-6-4-7-16(19)11-15)20-12-17-10-9-14-5-2-3-8-18(14)21-17/h2-11,13,20H,12H2,1H3. The molecule has 1 unspecified atom stereocenters. The highest BCUT2D eigenvalue weighted by Crippen LogP contribution is 2.18. The van der Waals surface area contributed by atoms with Gasteiger partial charge in [-0.2, -0.15) is 0 Å². The van der Waals surface area contributed by atoms with E-state index >= 15 is 0 Å². The van der Waals surface area contributed by atoms with Gasteiger partial charge in [-0.3, -0.25) is 4.98 Å². The maximum absolute atomic E-state index is 6.03. The molecule has 1 N–H and O–H groups in total. The molecule has 0 aliphatic carbocycles. The van der Waals surface area contributed by atoms with Crippen LogP contribution in [-0.2, 0) is 6.54 Å². The number of nitrogens with one attached hydrogen (secondary N) is 1. The van der Waals surface area contributed by atoms with Crippen LogP contribution in [0.3, 0.4) is 0 Å². The third-order valence-corrected chi connectivity index (χ3v) is 3.83. The number of rotatable bonds is 4. The molecule has 2 aromatic carbocycles. The molecule has 3 rings (SSSR count). The van der Waals surface area contributed by atoms with E-state index < -0.39 is 0 Å². The molecule has 21 heavy (non-hydrogen) atoms. The molecule has 0 fully saturated rings. The monoisotopic (exact) mass is 296 g/mol. The fourth-order valence-corrected chi connectivity index (χ4v) is 2.56. The third-order valence-electron chi connectivity index (χ3n) is 3.59. The quantitative estimate of drug-likeness (QED) is 0.752. The van der Waals surface area contributed by atoms with E-state index in [1.807, 2.05) is 36.4 Å². The second kappa shape index (κ2) is 6.25. The van der Waals surface area contributed by atoms with E-state index in [1.54, 1.807) is 0 Å². The zero-order valence-electron chi connectivity index (χ0n) is 11.9. The number of hydrogen-bond donors (Lipinski definition) is 1. The molecule has 0 amide bonds. The molecule has 3 aromatic rings. The van der Waals surface area contributed by atoms with Crippen LogP contribution >= 0.6 is 11.6 Å². The minimum absolute atomic E-state index is 0.233. The summed E-state index contributed by atoms with van der Waals surface area (Å²) in [5.41, 5.74) is 3.26. The van der Waals surface area contributed by atoms with Gasteiger partial charge in [-0.15, -0.1) is 0 Å². The fraction of sp³-hybridized carbons (Fsp3) is 0.167. The lowest BCUT2D eigenvalue weighted by atomic mass is 10.1. The van der Waals surface area contributed by atoms with Crippen molar-refractivity contribution in [2.45, 2.75) is 19.5 Å². The van der Waals surface area contributed by atoms with Crippen LogP contribution in [0.5, 0.6) is 0 Å². The van der Waals surface area contributed by atoms with Crippen LogP contribution in [-0.4, -0.2) is 4.98 Å². The Hall–Kier alpha value is -1.90. The zero-order valence-corrected chi connectivity index (χ0v) is 12.6. The summed E-state index contributed by atoms with van der Waals surface area (Å²) in [6.45, 7) is 2.87. The number of aromatic nitrogens is 1. The van der Waals surface area contributed by atoms with Crippen molar-refractivity contribution >= 4 is 22.5 Å². The van der Waals surface area contributed by atoms with Gasteiger partial charge >= 0.3 is 0 Å². The highest BCUT2D eigenvalue weighted by atomic mass is 35.5. The van der Waals surface area contributed by atoms with E-state index in [0.717, 1.165) is 22.8 Å². The Kier molecular flexibility index (Phi) is 4.18. The molecule has 0 saturated heterocycles. The zero-order chi connectivity index (χ0) is 14.7. The van der Waals surface area contributed by atoms with E-state index in [1.165, 1.54) is 10.9 Å². The van der Waals surface area contributed by atoms with E-state index in [4.69, 9.17) is 11.6 Å². The number of benzene rings is 2. The molecule has 0 spiro atoms. The highest BCUT2D eigenvalue weighted by molar-refractivity contribution is 6.30. The molecule has 0 aliphatic rings. The van der Waals surface area contributed by atoms with Crippen molar-refractivity contribution < 1.29 is 0 Å². The van der Waals surface area contributed by atoms with Crippen molar-refractivity contribution in [2.24, 2.45) is 0 Å². The van der Waals surface area contributed by atoms with E-state index in [9.17, 15) is 0 Å². The lowest BCUT2D eigenvalue weighted by molar-refractivity contribution is 0.569. The average Bonchev–Trinajstić information content (AvgIpc) is 2.52. The van der Waals surface area contributed by atoms with Gasteiger partial charge in [0.25, 0.3) is 0 Å². The van der Waals surface area contributed by atoms with Gasteiger partial charge in [0, 0.05) is 23.0 Å². The van der Waals surface area contributed by atoms with E-state index in [2.05, 4.69) is 41.5 Å². The molecule has 0 bridgehead atoms. The fourth-order valence-electron chi connectivity index (χ4n) is 2.36. The van der Waals surface area contributed by atoms with Crippen LogP contribution in [0.4, 0.5) is 0 Å². The number of fused-ring (bicyclic) bond motifs is 1. The van der Waals surface area contributed by atoms with Gasteiger partial charge in [-0.1, -0.05) is 48.0 Å². The first-order chi connectivity index (χ1) is 10.2. The Morgan fingerprint density at radius 1 is 1.05 bits per heavy atom. The molecular weight excluding hydrogens is 280 g/mol. The number of para-hydroxylation sites is 1. The number of hydrogen-bond acceptors (Lipinski definition) is 2. The Balaban J connectivity index is 1.71. The predicted octanol–water partition coefficient (Wildman–Crippen LogP) is 4.74. The van der Waals surface area contributed by atoms with Gasteiger partial charge < -0.3 is 5.32 Å². The Bertz CT molecular complexity index is 755. The summed E-state index contributed by atoms with van der Waals surface area (Å²) in [7, 11) is 0. The molecule has 2 nitrogen and oxygen atoms in total. The summed E-state index contributed by atoms with van der Waals surface area (Å²) < 4.78 is 0. The van der Waals surface area contributed by atoms with E-state index in [-0.39, 0.29) is 6.04 Å². The van der Waals surface area contributed by atoms with Crippen molar-refractivity contribution in [3.63, 3.8) is 0 Å². The van der Waals surface area contributed by atoms with Crippen LogP contribution in [0.2, 0.25) is 5.02 Å². The largest absolute Gasteiger partial charge is 0.305 e. The molecule has 0 aliphatic heterocycles. The van der Waals surface area contributed by atoms with Crippen molar-refractivity contribution in [1.82, 2.24) is 10.3 Å². The van der Waals surface area contributed by atoms with Crippen molar-refractivity contribution in [1.29, 1.82) is 0 Å². The van der Waals surface area contributed by atoms with Crippen molar-refractivity contribution in [3.8, 4) is 0 Å². The number of pyridine rings is 1. The van der Waals surface area contributed by atoms with Gasteiger partial charge in [0.05, 0.1) is 11.2 Å². The summed E-state index contributed by atoms with van der Waals surface area (Å²) in [6.07, 6.45) is 0. The Morgan fingerprint density at radius 3 is 2.76 bits per heavy atom. The SMILES string of the molecule is CC(NCc1ccc2ccccc2n1)c1cccc(Cl)c1. The summed E-state index contributed by atoms with van der Waals surface area (Å²) in [6, 6.07) is 20.5. The van der Waals surface area contributed by atoms with Crippen LogP contribution in [0.25, 0.3) is 10.9 Å². The van der Waals surface area contributed by atoms with Crippen molar-refractivity contribution in [3.05, 3.63) is 76.9 Å². The van der Waals surface area contributed by atoms with Crippen LogP contribution < -0.4 is 5.32 Å². The molecule has 1 aromatic heterocycles. The van der Waals surface area contributed by atoms with Gasteiger partial charge in [0.15, 0.2) is 0 Å². The van der Waals surface area contributed by atoms with Gasteiger partial charge in [0.1, 0.15) is 0 Å². The normalized spacial score (nSPS) is 12.5. The summed E-state index contributed by atoms with van der Waals surface area (Å²) >= 11 is 6.03. The molecule has 1 atom stereocenters. The molecule has 1 heterocycles. The lowest BCUT2D eigenvalue weighted by Crippen LogP contribution is -2.18.